The maximum absolute atomic E-state index is 11.5. The zero-order valence-electron chi connectivity index (χ0n) is 14.2. The van der Waals surface area contributed by atoms with Crippen molar-refractivity contribution in [3.8, 4) is 11.5 Å². The minimum absolute atomic E-state index is 0.0519. The Balaban J connectivity index is 1.72. The van der Waals surface area contributed by atoms with E-state index in [9.17, 15) is 9.90 Å². The summed E-state index contributed by atoms with van der Waals surface area (Å²) in [5.74, 6) is 0.404. The van der Waals surface area contributed by atoms with Crippen LogP contribution in [0.15, 0.2) is 42.5 Å². The van der Waals surface area contributed by atoms with Crippen LogP contribution in [-0.4, -0.2) is 35.9 Å². The molecule has 1 saturated heterocycles. The Hall–Kier alpha value is -2.24. The summed E-state index contributed by atoms with van der Waals surface area (Å²) in [6.45, 7) is 1.61. The number of piperidine rings is 1. The average Bonchev–Trinajstić information content (AvgIpc) is 3.12. The normalized spacial score (nSPS) is 20.7. The Morgan fingerprint density at radius 3 is 2.62 bits per heavy atom. The van der Waals surface area contributed by atoms with E-state index in [1.165, 1.54) is 0 Å². The molecule has 2 heterocycles. The molecule has 0 amide bonds. The highest BCUT2D eigenvalue weighted by Gasteiger charge is 2.32. The van der Waals surface area contributed by atoms with Gasteiger partial charge in [0.1, 0.15) is 0 Å². The minimum atomic E-state index is -0.727. The van der Waals surface area contributed by atoms with E-state index in [1.54, 1.807) is 0 Å². The summed E-state index contributed by atoms with van der Waals surface area (Å²) in [6.07, 6.45) is 1.59. The van der Waals surface area contributed by atoms with Crippen molar-refractivity contribution in [1.29, 1.82) is 0 Å². The number of halogens is 1. The van der Waals surface area contributed by atoms with Gasteiger partial charge in [-0.15, -0.1) is 0 Å². The topological polar surface area (TPSA) is 59.0 Å². The molecule has 136 valence electrons. The van der Waals surface area contributed by atoms with Crippen molar-refractivity contribution < 1.29 is 19.4 Å². The Labute approximate surface area is 157 Å². The largest absolute Gasteiger partial charge is 0.481 e. The van der Waals surface area contributed by atoms with Gasteiger partial charge in [0.2, 0.25) is 6.79 Å². The lowest BCUT2D eigenvalue weighted by Crippen LogP contribution is -2.41. The Kier molecular flexibility index (Phi) is 4.74. The Bertz CT molecular complexity index is 808. The van der Waals surface area contributed by atoms with Crippen LogP contribution in [0.2, 0.25) is 5.02 Å². The van der Waals surface area contributed by atoms with Crippen molar-refractivity contribution in [1.82, 2.24) is 4.90 Å². The molecular formula is C20H20ClNO4. The van der Waals surface area contributed by atoms with E-state index in [-0.39, 0.29) is 18.8 Å². The standard InChI is InChI=1S/C20H20ClNO4/c21-16-6-3-13(4-7-16)19(22-9-1-2-15(11-22)20(23)24)14-5-8-17-18(10-14)26-12-25-17/h3-8,10,15,19H,1-2,9,11-12H2,(H,23,24). The molecule has 0 aromatic heterocycles. The number of carbonyl (C=O) groups is 1. The number of carboxylic acid groups (broad SMARTS) is 1. The fraction of sp³-hybridized carbons (Fsp3) is 0.350. The zero-order chi connectivity index (χ0) is 18.1. The first kappa shape index (κ1) is 17.2. The van der Waals surface area contributed by atoms with E-state index >= 15 is 0 Å². The van der Waals surface area contributed by atoms with Gasteiger partial charge < -0.3 is 14.6 Å². The van der Waals surface area contributed by atoms with E-state index in [2.05, 4.69) is 4.90 Å². The fourth-order valence-corrected chi connectivity index (χ4v) is 3.91. The van der Waals surface area contributed by atoms with Gasteiger partial charge >= 0.3 is 5.97 Å². The van der Waals surface area contributed by atoms with Crippen LogP contribution in [0.4, 0.5) is 0 Å². The number of aliphatic carboxylic acids is 1. The summed E-state index contributed by atoms with van der Waals surface area (Å²) in [5, 5.41) is 10.1. The van der Waals surface area contributed by atoms with Crippen LogP contribution in [0.25, 0.3) is 0 Å². The molecule has 4 rings (SSSR count). The minimum Gasteiger partial charge on any atom is -0.481 e. The second-order valence-corrected chi connectivity index (χ2v) is 7.18. The number of ether oxygens (including phenoxy) is 2. The molecule has 0 radical (unpaired) electrons. The predicted molar refractivity (Wildman–Crippen MR) is 97.8 cm³/mol. The van der Waals surface area contributed by atoms with Crippen molar-refractivity contribution in [2.75, 3.05) is 19.9 Å². The number of benzene rings is 2. The first-order valence-corrected chi connectivity index (χ1v) is 9.11. The SMILES string of the molecule is O=C(O)C1CCCN(C(c2ccc(Cl)cc2)c2ccc3c(c2)OCO3)C1. The van der Waals surface area contributed by atoms with Crippen LogP contribution >= 0.6 is 11.6 Å². The van der Waals surface area contributed by atoms with Crippen molar-refractivity contribution in [3.05, 3.63) is 58.6 Å². The molecule has 2 unspecified atom stereocenters. The first-order chi connectivity index (χ1) is 12.6. The van der Waals surface area contributed by atoms with Gasteiger partial charge in [0.25, 0.3) is 0 Å². The molecular weight excluding hydrogens is 354 g/mol. The summed E-state index contributed by atoms with van der Waals surface area (Å²) in [5.41, 5.74) is 2.14. The molecule has 2 atom stereocenters. The van der Waals surface area contributed by atoms with Crippen LogP contribution in [-0.2, 0) is 4.79 Å². The Morgan fingerprint density at radius 1 is 1.12 bits per heavy atom. The summed E-state index contributed by atoms with van der Waals surface area (Å²) in [6, 6.07) is 13.6. The highest BCUT2D eigenvalue weighted by atomic mass is 35.5. The summed E-state index contributed by atoms with van der Waals surface area (Å²) in [7, 11) is 0. The van der Waals surface area contributed by atoms with Crippen LogP contribution in [0.5, 0.6) is 11.5 Å². The zero-order valence-corrected chi connectivity index (χ0v) is 15.0. The molecule has 0 saturated carbocycles. The second-order valence-electron chi connectivity index (χ2n) is 6.74. The summed E-state index contributed by atoms with van der Waals surface area (Å²) in [4.78, 5) is 13.8. The van der Waals surface area contributed by atoms with Crippen LogP contribution in [0.1, 0.15) is 30.0 Å². The number of likely N-dealkylation sites (tertiary alicyclic amines) is 1. The highest BCUT2D eigenvalue weighted by Crippen LogP contribution is 2.39. The van der Waals surface area contributed by atoms with Gasteiger partial charge in [-0.05, 0) is 54.8 Å². The molecule has 26 heavy (non-hydrogen) atoms. The van der Waals surface area contributed by atoms with Gasteiger partial charge in [-0.2, -0.15) is 0 Å². The molecule has 6 heteroatoms. The number of hydrogen-bond acceptors (Lipinski definition) is 4. The predicted octanol–water partition coefficient (Wildman–Crippen LogP) is 3.95. The van der Waals surface area contributed by atoms with Gasteiger partial charge in [0.05, 0.1) is 12.0 Å². The number of nitrogens with zero attached hydrogens (tertiary/aromatic N) is 1. The van der Waals surface area contributed by atoms with Gasteiger partial charge in [-0.25, -0.2) is 0 Å². The molecule has 2 aliphatic heterocycles. The maximum atomic E-state index is 11.5. The van der Waals surface area contributed by atoms with Gasteiger partial charge in [-0.3, -0.25) is 9.69 Å². The summed E-state index contributed by atoms with van der Waals surface area (Å²) < 4.78 is 11.0. The average molecular weight is 374 g/mol. The lowest BCUT2D eigenvalue weighted by molar-refractivity contribution is -0.143. The van der Waals surface area contributed by atoms with E-state index in [1.807, 2.05) is 42.5 Å². The number of carboxylic acids is 1. The lowest BCUT2D eigenvalue weighted by Gasteiger charge is -2.37. The van der Waals surface area contributed by atoms with Gasteiger partial charge in [0.15, 0.2) is 11.5 Å². The van der Waals surface area contributed by atoms with Crippen molar-refractivity contribution in [3.63, 3.8) is 0 Å². The molecule has 0 aliphatic carbocycles. The number of rotatable bonds is 4. The highest BCUT2D eigenvalue weighted by molar-refractivity contribution is 6.30. The van der Waals surface area contributed by atoms with Crippen LogP contribution in [0, 0.1) is 5.92 Å². The smallest absolute Gasteiger partial charge is 0.307 e. The molecule has 1 fully saturated rings. The molecule has 0 bridgehead atoms. The third kappa shape index (κ3) is 3.37. The van der Waals surface area contributed by atoms with E-state index in [0.29, 0.717) is 11.6 Å². The Morgan fingerprint density at radius 2 is 1.85 bits per heavy atom. The van der Waals surface area contributed by atoms with Gasteiger partial charge in [0, 0.05) is 11.6 Å². The maximum Gasteiger partial charge on any atom is 0.307 e. The third-order valence-electron chi connectivity index (χ3n) is 5.07. The molecule has 1 N–H and O–H groups in total. The van der Waals surface area contributed by atoms with Gasteiger partial charge in [-0.1, -0.05) is 29.8 Å². The third-order valence-corrected chi connectivity index (χ3v) is 5.32. The molecule has 2 aromatic rings. The molecule has 0 spiro atoms. The quantitative estimate of drug-likeness (QED) is 0.879. The van der Waals surface area contributed by atoms with E-state index in [0.717, 1.165) is 42.0 Å². The molecule has 5 nitrogen and oxygen atoms in total. The van der Waals surface area contributed by atoms with Crippen LogP contribution < -0.4 is 9.47 Å². The molecule has 2 aromatic carbocycles. The van der Waals surface area contributed by atoms with Crippen molar-refractivity contribution in [2.24, 2.45) is 5.92 Å². The van der Waals surface area contributed by atoms with Crippen LogP contribution in [0.3, 0.4) is 0 Å². The monoisotopic (exact) mass is 373 g/mol. The summed E-state index contributed by atoms with van der Waals surface area (Å²) >= 11 is 6.06. The second kappa shape index (κ2) is 7.17. The van der Waals surface area contributed by atoms with E-state index in [4.69, 9.17) is 21.1 Å². The first-order valence-electron chi connectivity index (χ1n) is 8.73. The lowest BCUT2D eigenvalue weighted by atomic mass is 9.91. The van der Waals surface area contributed by atoms with E-state index < -0.39 is 5.97 Å². The molecule has 2 aliphatic rings. The fourth-order valence-electron chi connectivity index (χ4n) is 3.78. The number of fused-ring (bicyclic) bond motifs is 1. The number of hydrogen-bond donors (Lipinski definition) is 1. The van der Waals surface area contributed by atoms with Crippen molar-refractivity contribution in [2.45, 2.75) is 18.9 Å². The van der Waals surface area contributed by atoms with Crippen molar-refractivity contribution >= 4 is 17.6 Å².